The van der Waals surface area contributed by atoms with Crippen molar-refractivity contribution in [3.05, 3.63) is 35.4 Å². The van der Waals surface area contributed by atoms with Crippen molar-refractivity contribution in [1.82, 2.24) is 10.6 Å². The van der Waals surface area contributed by atoms with E-state index in [1.165, 1.54) is 0 Å². The average molecular weight is 324 g/mol. The molecule has 0 aliphatic carbocycles. The molecule has 0 fully saturated rings. The minimum atomic E-state index is -1.62. The van der Waals surface area contributed by atoms with Crippen LogP contribution in [0.15, 0.2) is 24.3 Å². The number of carbonyl (C=O) groups is 1. The van der Waals surface area contributed by atoms with Crippen LogP contribution in [0, 0.1) is 6.92 Å². The van der Waals surface area contributed by atoms with E-state index >= 15 is 0 Å². The first-order chi connectivity index (χ1) is 8.70. The molecule has 1 rings (SSSR count). The zero-order valence-electron chi connectivity index (χ0n) is 11.0. The summed E-state index contributed by atoms with van der Waals surface area (Å²) in [5, 5.41) is 5.69. The lowest BCUT2D eigenvalue weighted by Crippen LogP contribution is -2.55. The molecule has 0 heterocycles. The van der Waals surface area contributed by atoms with Gasteiger partial charge in [0.15, 0.2) is 0 Å². The molecule has 2 N–H and O–H groups in total. The molecule has 6 heteroatoms. The fourth-order valence-electron chi connectivity index (χ4n) is 1.55. The maximum atomic E-state index is 12.1. The van der Waals surface area contributed by atoms with Gasteiger partial charge in [0.05, 0.1) is 0 Å². The Morgan fingerprint density at radius 1 is 1.26 bits per heavy atom. The largest absolute Gasteiger partial charge is 0.333 e. The number of amides is 1. The lowest BCUT2D eigenvalue weighted by molar-refractivity contribution is 0.0927. The van der Waals surface area contributed by atoms with Crippen LogP contribution in [0.2, 0.25) is 0 Å². The summed E-state index contributed by atoms with van der Waals surface area (Å²) in [5.41, 5.74) is 1.53. The van der Waals surface area contributed by atoms with Crippen LogP contribution >= 0.6 is 34.8 Å². The molecular weight excluding hydrogens is 307 g/mol. The number of halogens is 3. The topological polar surface area (TPSA) is 41.1 Å². The van der Waals surface area contributed by atoms with E-state index in [4.69, 9.17) is 34.8 Å². The van der Waals surface area contributed by atoms with Crippen molar-refractivity contribution < 1.29 is 4.79 Å². The quantitative estimate of drug-likeness (QED) is 0.658. The molecule has 0 aliphatic rings. The van der Waals surface area contributed by atoms with E-state index in [0.717, 1.165) is 5.56 Å². The number of aryl methyl sites for hydroxylation is 1. The van der Waals surface area contributed by atoms with Gasteiger partial charge in [-0.15, -0.1) is 0 Å². The Balaban J connectivity index is 2.82. The molecule has 0 aliphatic heterocycles. The van der Waals surface area contributed by atoms with Crippen LogP contribution in [0.4, 0.5) is 0 Å². The average Bonchev–Trinajstić information content (AvgIpc) is 2.26. The fraction of sp³-hybridized carbons (Fsp3) is 0.462. The van der Waals surface area contributed by atoms with E-state index in [0.29, 0.717) is 5.56 Å². The van der Waals surface area contributed by atoms with Gasteiger partial charge < -0.3 is 5.32 Å². The van der Waals surface area contributed by atoms with Gasteiger partial charge in [0.2, 0.25) is 3.79 Å². The molecule has 0 saturated heterocycles. The molecule has 1 aromatic rings. The second-order valence-corrected chi connectivity index (χ2v) is 7.01. The van der Waals surface area contributed by atoms with Crippen LogP contribution in [0.3, 0.4) is 0 Å². The highest BCUT2D eigenvalue weighted by atomic mass is 35.6. The van der Waals surface area contributed by atoms with Crippen molar-refractivity contribution in [3.8, 4) is 0 Å². The summed E-state index contributed by atoms with van der Waals surface area (Å²) >= 11 is 17.6. The number of benzene rings is 1. The number of hydrogen-bond acceptors (Lipinski definition) is 2. The minimum absolute atomic E-state index is 0.0680. The Kier molecular flexibility index (Phi) is 5.93. The SMILES string of the molecule is Cc1cccc(C(=O)N[C@@H](NC(C)C)C(Cl)(Cl)Cl)c1. The van der Waals surface area contributed by atoms with E-state index in [2.05, 4.69) is 10.6 Å². The highest BCUT2D eigenvalue weighted by Crippen LogP contribution is 2.29. The Morgan fingerprint density at radius 3 is 2.37 bits per heavy atom. The lowest BCUT2D eigenvalue weighted by atomic mass is 10.1. The third kappa shape index (κ3) is 5.57. The van der Waals surface area contributed by atoms with Crippen LogP contribution in [0.1, 0.15) is 29.8 Å². The molecule has 0 aromatic heterocycles. The molecule has 0 bridgehead atoms. The molecule has 1 amide bonds. The standard InChI is InChI=1S/C13H17Cl3N2O/c1-8(2)17-12(13(14,15)16)18-11(19)10-6-4-5-9(3)7-10/h4-8,12,17H,1-3H3,(H,18,19)/t12-/m1/s1. The van der Waals surface area contributed by atoms with Crippen LogP contribution < -0.4 is 10.6 Å². The van der Waals surface area contributed by atoms with Crippen LogP contribution in [-0.2, 0) is 0 Å². The summed E-state index contributed by atoms with van der Waals surface area (Å²) < 4.78 is -1.62. The van der Waals surface area contributed by atoms with E-state index < -0.39 is 9.96 Å². The first kappa shape index (κ1) is 16.6. The molecule has 3 nitrogen and oxygen atoms in total. The van der Waals surface area contributed by atoms with Crippen molar-refractivity contribution in [2.45, 2.75) is 36.8 Å². The molecule has 1 aromatic carbocycles. The zero-order chi connectivity index (χ0) is 14.6. The Morgan fingerprint density at radius 2 is 1.89 bits per heavy atom. The molecule has 19 heavy (non-hydrogen) atoms. The summed E-state index contributed by atoms with van der Waals surface area (Å²) in [6, 6.07) is 7.28. The van der Waals surface area contributed by atoms with Gasteiger partial charge in [-0.1, -0.05) is 52.5 Å². The normalized spacial score (nSPS) is 13.4. The molecule has 0 unspecified atom stereocenters. The van der Waals surface area contributed by atoms with Crippen LogP contribution in [0.5, 0.6) is 0 Å². The second kappa shape index (κ2) is 6.80. The van der Waals surface area contributed by atoms with Gasteiger partial charge in [-0.3, -0.25) is 10.1 Å². The van der Waals surface area contributed by atoms with Gasteiger partial charge in [-0.05, 0) is 32.9 Å². The molecule has 1 atom stereocenters. The van der Waals surface area contributed by atoms with Crippen LogP contribution in [-0.4, -0.2) is 21.9 Å². The van der Waals surface area contributed by atoms with Gasteiger partial charge in [0.1, 0.15) is 6.17 Å². The highest BCUT2D eigenvalue weighted by Gasteiger charge is 2.34. The number of carbonyl (C=O) groups excluding carboxylic acids is 1. The predicted molar refractivity (Wildman–Crippen MR) is 81.0 cm³/mol. The van der Waals surface area contributed by atoms with Crippen molar-refractivity contribution in [2.24, 2.45) is 0 Å². The van der Waals surface area contributed by atoms with Gasteiger partial charge in [0, 0.05) is 11.6 Å². The molecular formula is C13H17Cl3N2O. The number of hydrogen-bond donors (Lipinski definition) is 2. The monoisotopic (exact) mass is 322 g/mol. The van der Waals surface area contributed by atoms with E-state index in [9.17, 15) is 4.79 Å². The van der Waals surface area contributed by atoms with Gasteiger partial charge in [-0.25, -0.2) is 0 Å². The second-order valence-electron chi connectivity index (χ2n) is 4.64. The van der Waals surface area contributed by atoms with Gasteiger partial charge in [0.25, 0.3) is 5.91 Å². The molecule has 0 spiro atoms. The van der Waals surface area contributed by atoms with E-state index in [1.54, 1.807) is 12.1 Å². The van der Waals surface area contributed by atoms with Crippen molar-refractivity contribution in [2.75, 3.05) is 0 Å². The van der Waals surface area contributed by atoms with Crippen molar-refractivity contribution >= 4 is 40.7 Å². The number of rotatable bonds is 4. The van der Waals surface area contributed by atoms with E-state index in [1.807, 2.05) is 32.9 Å². The third-order valence-electron chi connectivity index (χ3n) is 2.38. The van der Waals surface area contributed by atoms with E-state index in [-0.39, 0.29) is 11.9 Å². The Labute approximate surface area is 128 Å². The summed E-state index contributed by atoms with van der Waals surface area (Å²) in [4.78, 5) is 12.1. The molecule has 0 saturated carbocycles. The van der Waals surface area contributed by atoms with Crippen LogP contribution in [0.25, 0.3) is 0 Å². The molecule has 0 radical (unpaired) electrons. The summed E-state index contributed by atoms with van der Waals surface area (Å²) in [7, 11) is 0. The first-order valence-electron chi connectivity index (χ1n) is 5.90. The predicted octanol–water partition coefficient (Wildman–Crippen LogP) is 3.42. The highest BCUT2D eigenvalue weighted by molar-refractivity contribution is 6.68. The number of alkyl halides is 3. The first-order valence-corrected chi connectivity index (χ1v) is 7.04. The minimum Gasteiger partial charge on any atom is -0.333 e. The third-order valence-corrected chi connectivity index (χ3v) is 3.04. The summed E-state index contributed by atoms with van der Waals surface area (Å²) in [6.07, 6.45) is -0.759. The molecule has 106 valence electrons. The smallest absolute Gasteiger partial charge is 0.252 e. The Bertz CT molecular complexity index is 444. The number of nitrogens with one attached hydrogen (secondary N) is 2. The maximum absolute atomic E-state index is 12.1. The summed E-state index contributed by atoms with van der Waals surface area (Å²) in [6.45, 7) is 5.72. The van der Waals surface area contributed by atoms with Gasteiger partial charge >= 0.3 is 0 Å². The Hall–Kier alpha value is -0.480. The van der Waals surface area contributed by atoms with Crippen molar-refractivity contribution in [1.29, 1.82) is 0 Å². The van der Waals surface area contributed by atoms with Gasteiger partial charge in [-0.2, -0.15) is 0 Å². The zero-order valence-corrected chi connectivity index (χ0v) is 13.3. The fourth-order valence-corrected chi connectivity index (χ4v) is 1.90. The van der Waals surface area contributed by atoms with Crippen molar-refractivity contribution in [3.63, 3.8) is 0 Å². The lowest BCUT2D eigenvalue weighted by Gasteiger charge is -2.28. The maximum Gasteiger partial charge on any atom is 0.252 e. The summed E-state index contributed by atoms with van der Waals surface area (Å²) in [5.74, 6) is -0.284.